The van der Waals surface area contributed by atoms with Crippen LogP contribution in [0.4, 0.5) is 4.79 Å². The van der Waals surface area contributed by atoms with Crippen LogP contribution in [0.15, 0.2) is 48.5 Å². The number of hydrogen-bond donors (Lipinski definition) is 3. The molecule has 4 heteroatoms. The lowest BCUT2D eigenvalue weighted by Crippen LogP contribution is -2.19. The highest BCUT2D eigenvalue weighted by molar-refractivity contribution is 5.65. The summed E-state index contributed by atoms with van der Waals surface area (Å²) in [6.07, 6.45) is -0.375. The molecule has 4 nitrogen and oxygen atoms in total. The normalized spacial score (nSPS) is 10.2. The first kappa shape index (κ1) is 14.1. The lowest BCUT2D eigenvalue weighted by Gasteiger charge is -2.06. The van der Waals surface area contributed by atoms with Crippen molar-refractivity contribution in [3.8, 4) is 11.1 Å². The molecule has 0 aromatic heterocycles. The van der Waals surface area contributed by atoms with Gasteiger partial charge in [0, 0.05) is 13.2 Å². The van der Waals surface area contributed by atoms with Gasteiger partial charge in [-0.25, -0.2) is 4.79 Å². The molecule has 2 aromatic rings. The Kier molecular flexibility index (Phi) is 4.74. The molecule has 0 heterocycles. The summed E-state index contributed by atoms with van der Waals surface area (Å²) < 4.78 is 0. The third-order valence-corrected chi connectivity index (χ3v) is 3.06. The van der Waals surface area contributed by atoms with E-state index in [1.807, 2.05) is 42.5 Å². The van der Waals surface area contributed by atoms with Crippen LogP contribution in [0.1, 0.15) is 11.1 Å². The highest BCUT2D eigenvalue weighted by Crippen LogP contribution is 2.21. The zero-order valence-electron chi connectivity index (χ0n) is 11.0. The molecule has 1 amide bonds. The largest absolute Gasteiger partial charge is 0.465 e. The number of benzene rings is 2. The molecule has 2 rings (SSSR count). The van der Waals surface area contributed by atoms with Gasteiger partial charge in [0.2, 0.25) is 0 Å². The second-order valence-corrected chi connectivity index (χ2v) is 4.53. The van der Waals surface area contributed by atoms with Crippen molar-refractivity contribution in [3.63, 3.8) is 0 Å². The molecule has 0 unspecified atom stereocenters. The monoisotopic (exact) mass is 271 g/mol. The molecule has 0 aliphatic heterocycles. The maximum Gasteiger partial charge on any atom is 0.404 e. The molecule has 0 bridgehead atoms. The van der Waals surface area contributed by atoms with E-state index in [2.05, 4.69) is 11.4 Å². The molecular formula is C16H17NO3. The average Bonchev–Trinajstić information content (AvgIpc) is 2.46. The van der Waals surface area contributed by atoms with E-state index in [1.54, 1.807) is 0 Å². The van der Waals surface area contributed by atoms with Crippen LogP contribution in [0.5, 0.6) is 0 Å². The third kappa shape index (κ3) is 3.83. The smallest absolute Gasteiger partial charge is 0.404 e. The molecule has 0 spiro atoms. The molecule has 0 aliphatic carbocycles. The summed E-state index contributed by atoms with van der Waals surface area (Å²) in [7, 11) is 0. The quantitative estimate of drug-likeness (QED) is 0.783. The lowest BCUT2D eigenvalue weighted by atomic mass is 10.0. The molecule has 20 heavy (non-hydrogen) atoms. The second-order valence-electron chi connectivity index (χ2n) is 4.53. The first-order valence-electron chi connectivity index (χ1n) is 6.45. The zero-order chi connectivity index (χ0) is 14.4. The Morgan fingerprint density at radius 2 is 1.75 bits per heavy atom. The highest BCUT2D eigenvalue weighted by atomic mass is 16.4. The van der Waals surface area contributed by atoms with Crippen molar-refractivity contribution >= 4 is 6.09 Å². The van der Waals surface area contributed by atoms with E-state index in [-0.39, 0.29) is 6.61 Å². The van der Waals surface area contributed by atoms with Crippen molar-refractivity contribution in [2.24, 2.45) is 0 Å². The minimum absolute atomic E-state index is 0.142. The molecule has 0 fully saturated rings. The summed E-state index contributed by atoms with van der Waals surface area (Å²) >= 11 is 0. The predicted molar refractivity (Wildman–Crippen MR) is 77.5 cm³/mol. The van der Waals surface area contributed by atoms with Crippen molar-refractivity contribution in [2.45, 2.75) is 13.0 Å². The number of aliphatic hydroxyl groups excluding tert-OH is 1. The lowest BCUT2D eigenvalue weighted by molar-refractivity contribution is 0.194. The fourth-order valence-corrected chi connectivity index (χ4v) is 2.03. The molecule has 104 valence electrons. The van der Waals surface area contributed by atoms with Crippen molar-refractivity contribution in [3.05, 3.63) is 59.7 Å². The van der Waals surface area contributed by atoms with Crippen LogP contribution >= 0.6 is 0 Å². The SMILES string of the molecule is O=C(O)NCc1ccc(-c2cccc(CCO)c2)cc1. The summed E-state index contributed by atoms with van der Waals surface area (Å²) in [5, 5.41) is 19.9. The van der Waals surface area contributed by atoms with Crippen molar-refractivity contribution < 1.29 is 15.0 Å². The molecule has 0 saturated heterocycles. The van der Waals surface area contributed by atoms with Gasteiger partial charge >= 0.3 is 6.09 Å². The van der Waals surface area contributed by atoms with Gasteiger partial charge in [-0.15, -0.1) is 0 Å². The Labute approximate surface area is 117 Å². The van der Waals surface area contributed by atoms with E-state index < -0.39 is 6.09 Å². The number of amides is 1. The van der Waals surface area contributed by atoms with Gasteiger partial charge in [-0.2, -0.15) is 0 Å². The van der Waals surface area contributed by atoms with E-state index >= 15 is 0 Å². The minimum Gasteiger partial charge on any atom is -0.465 e. The van der Waals surface area contributed by atoms with Crippen LogP contribution < -0.4 is 5.32 Å². The highest BCUT2D eigenvalue weighted by Gasteiger charge is 2.01. The van der Waals surface area contributed by atoms with Crippen LogP contribution in [-0.2, 0) is 13.0 Å². The molecule has 0 atom stereocenters. The first-order valence-corrected chi connectivity index (χ1v) is 6.45. The molecule has 0 saturated carbocycles. The number of carboxylic acid groups (broad SMARTS) is 1. The Hall–Kier alpha value is -2.33. The maximum absolute atomic E-state index is 10.4. The summed E-state index contributed by atoms with van der Waals surface area (Å²) in [6.45, 7) is 0.448. The van der Waals surface area contributed by atoms with Gasteiger partial charge in [0.25, 0.3) is 0 Å². The number of hydrogen-bond acceptors (Lipinski definition) is 2. The summed E-state index contributed by atoms with van der Waals surface area (Å²) in [6, 6.07) is 15.8. The number of rotatable bonds is 5. The van der Waals surface area contributed by atoms with Crippen LogP contribution in [0.2, 0.25) is 0 Å². The number of aliphatic hydroxyl groups is 1. The fraction of sp³-hybridized carbons (Fsp3) is 0.188. The van der Waals surface area contributed by atoms with E-state index in [4.69, 9.17) is 10.2 Å². The van der Waals surface area contributed by atoms with Crippen LogP contribution in [-0.4, -0.2) is 22.9 Å². The molecular weight excluding hydrogens is 254 g/mol. The van der Waals surface area contributed by atoms with Gasteiger partial charge in [-0.1, -0.05) is 48.5 Å². The van der Waals surface area contributed by atoms with Gasteiger partial charge in [0.05, 0.1) is 0 Å². The first-order chi connectivity index (χ1) is 9.69. The Morgan fingerprint density at radius 1 is 1.00 bits per heavy atom. The van der Waals surface area contributed by atoms with E-state index in [9.17, 15) is 4.79 Å². The van der Waals surface area contributed by atoms with Gasteiger partial charge in [0.15, 0.2) is 0 Å². The average molecular weight is 271 g/mol. The van der Waals surface area contributed by atoms with Crippen LogP contribution in [0.3, 0.4) is 0 Å². The summed E-state index contributed by atoms with van der Waals surface area (Å²) in [5.41, 5.74) is 4.18. The zero-order valence-corrected chi connectivity index (χ0v) is 11.0. The van der Waals surface area contributed by atoms with Crippen molar-refractivity contribution in [1.82, 2.24) is 5.32 Å². The topological polar surface area (TPSA) is 69.6 Å². The van der Waals surface area contributed by atoms with E-state index in [1.165, 1.54) is 0 Å². The standard InChI is InChI=1S/C16H17NO3/c18-9-8-12-2-1-3-15(10-12)14-6-4-13(5-7-14)11-17-16(19)20/h1-7,10,17-18H,8-9,11H2,(H,19,20). The van der Waals surface area contributed by atoms with Gasteiger partial charge < -0.3 is 15.5 Å². The predicted octanol–water partition coefficient (Wildman–Crippen LogP) is 2.66. The van der Waals surface area contributed by atoms with Gasteiger partial charge in [0.1, 0.15) is 0 Å². The molecule has 3 N–H and O–H groups in total. The number of carbonyl (C=O) groups is 1. The minimum atomic E-state index is -1.02. The fourth-order valence-electron chi connectivity index (χ4n) is 2.03. The summed E-state index contributed by atoms with van der Waals surface area (Å²) in [4.78, 5) is 10.4. The second kappa shape index (κ2) is 6.73. The molecule has 0 radical (unpaired) electrons. The third-order valence-electron chi connectivity index (χ3n) is 3.06. The summed E-state index contributed by atoms with van der Waals surface area (Å²) in [5.74, 6) is 0. The van der Waals surface area contributed by atoms with E-state index in [0.717, 1.165) is 22.3 Å². The van der Waals surface area contributed by atoms with Crippen molar-refractivity contribution in [1.29, 1.82) is 0 Å². The Morgan fingerprint density at radius 3 is 2.40 bits per heavy atom. The van der Waals surface area contributed by atoms with E-state index in [0.29, 0.717) is 13.0 Å². The maximum atomic E-state index is 10.4. The van der Waals surface area contributed by atoms with Crippen LogP contribution in [0, 0.1) is 0 Å². The number of nitrogens with one attached hydrogen (secondary N) is 1. The van der Waals surface area contributed by atoms with Gasteiger partial charge in [-0.3, -0.25) is 0 Å². The Bertz CT molecular complexity index is 579. The molecule has 2 aromatic carbocycles. The molecule has 0 aliphatic rings. The van der Waals surface area contributed by atoms with Crippen LogP contribution in [0.25, 0.3) is 11.1 Å². The Balaban J connectivity index is 2.13. The van der Waals surface area contributed by atoms with Crippen molar-refractivity contribution in [2.75, 3.05) is 6.61 Å². The van der Waals surface area contributed by atoms with Gasteiger partial charge in [-0.05, 0) is 28.7 Å².